The molecule has 0 saturated carbocycles. The Morgan fingerprint density at radius 3 is 2.62 bits per heavy atom. The van der Waals surface area contributed by atoms with E-state index in [2.05, 4.69) is 20.9 Å². The number of pyridine rings is 1. The number of nitrogens with zero attached hydrogens (tertiary/aromatic N) is 1. The monoisotopic (exact) mass is 296 g/mol. The topological polar surface area (TPSA) is 83.1 Å². The van der Waals surface area contributed by atoms with E-state index >= 15 is 0 Å². The quantitative estimate of drug-likeness (QED) is 0.735. The van der Waals surface area contributed by atoms with Gasteiger partial charge in [-0.3, -0.25) is 9.59 Å². The molecule has 0 aliphatic rings. The van der Waals surface area contributed by atoms with E-state index in [1.807, 2.05) is 6.92 Å². The van der Waals surface area contributed by atoms with E-state index in [0.717, 1.165) is 12.3 Å². The van der Waals surface area contributed by atoms with Gasteiger partial charge < -0.3 is 16.0 Å². The van der Waals surface area contributed by atoms with Crippen molar-refractivity contribution in [3.8, 4) is 0 Å². The standard InChI is InChI=1S/C14H21FN4O2/c1-5-17-11-10(6-9(15)7-18-11)12(20)19-8-14(2,3)13(21)16-4/h6-7H,5,8H2,1-4H3,(H,16,21)(H,17,18)(H,19,20). The van der Waals surface area contributed by atoms with Gasteiger partial charge in [-0.15, -0.1) is 0 Å². The van der Waals surface area contributed by atoms with Crippen LogP contribution in [-0.2, 0) is 4.79 Å². The zero-order valence-corrected chi connectivity index (χ0v) is 12.7. The highest BCUT2D eigenvalue weighted by molar-refractivity contribution is 5.99. The van der Waals surface area contributed by atoms with Crippen molar-refractivity contribution in [3.05, 3.63) is 23.6 Å². The highest BCUT2D eigenvalue weighted by Gasteiger charge is 2.27. The molecule has 1 aromatic heterocycles. The minimum Gasteiger partial charge on any atom is -0.370 e. The van der Waals surface area contributed by atoms with Gasteiger partial charge in [0, 0.05) is 20.1 Å². The van der Waals surface area contributed by atoms with E-state index in [9.17, 15) is 14.0 Å². The molecule has 6 nitrogen and oxygen atoms in total. The second-order valence-corrected chi connectivity index (χ2v) is 5.23. The van der Waals surface area contributed by atoms with Crippen molar-refractivity contribution >= 4 is 17.6 Å². The maximum absolute atomic E-state index is 13.3. The third-order valence-corrected chi connectivity index (χ3v) is 2.98. The maximum Gasteiger partial charge on any atom is 0.255 e. The Morgan fingerprint density at radius 1 is 1.38 bits per heavy atom. The fourth-order valence-electron chi connectivity index (χ4n) is 1.74. The average molecular weight is 296 g/mol. The van der Waals surface area contributed by atoms with E-state index in [0.29, 0.717) is 12.4 Å². The molecule has 116 valence electrons. The third-order valence-electron chi connectivity index (χ3n) is 2.98. The van der Waals surface area contributed by atoms with Crippen molar-refractivity contribution in [2.75, 3.05) is 25.5 Å². The van der Waals surface area contributed by atoms with Gasteiger partial charge in [-0.1, -0.05) is 0 Å². The number of hydrogen-bond acceptors (Lipinski definition) is 4. The van der Waals surface area contributed by atoms with Gasteiger partial charge in [0.2, 0.25) is 5.91 Å². The first kappa shape index (κ1) is 16.9. The Bertz CT molecular complexity index is 532. The third kappa shape index (κ3) is 4.40. The molecule has 0 aromatic carbocycles. The van der Waals surface area contributed by atoms with Crippen LogP contribution in [0.2, 0.25) is 0 Å². The van der Waals surface area contributed by atoms with Crippen LogP contribution in [0, 0.1) is 11.2 Å². The van der Waals surface area contributed by atoms with Gasteiger partial charge in [0.05, 0.1) is 17.2 Å². The molecule has 0 aliphatic heterocycles. The first-order chi connectivity index (χ1) is 9.81. The summed E-state index contributed by atoms with van der Waals surface area (Å²) >= 11 is 0. The highest BCUT2D eigenvalue weighted by Crippen LogP contribution is 2.16. The van der Waals surface area contributed by atoms with Crippen molar-refractivity contribution in [2.45, 2.75) is 20.8 Å². The number of amides is 2. The van der Waals surface area contributed by atoms with Gasteiger partial charge >= 0.3 is 0 Å². The first-order valence-electron chi connectivity index (χ1n) is 6.71. The van der Waals surface area contributed by atoms with Gasteiger partial charge in [0.15, 0.2) is 0 Å². The first-order valence-corrected chi connectivity index (χ1v) is 6.71. The number of hydrogen-bond donors (Lipinski definition) is 3. The molecule has 7 heteroatoms. The molecule has 0 radical (unpaired) electrons. The van der Waals surface area contributed by atoms with Crippen molar-refractivity contribution in [1.29, 1.82) is 0 Å². The molecule has 0 atom stereocenters. The van der Waals surface area contributed by atoms with Crippen LogP contribution in [0.4, 0.5) is 10.2 Å². The van der Waals surface area contributed by atoms with Gasteiger partial charge in [-0.05, 0) is 26.8 Å². The van der Waals surface area contributed by atoms with Crippen LogP contribution >= 0.6 is 0 Å². The molecular formula is C14H21FN4O2. The molecule has 3 N–H and O–H groups in total. The van der Waals surface area contributed by atoms with Crippen LogP contribution in [0.15, 0.2) is 12.3 Å². The predicted octanol–water partition coefficient (Wildman–Crippen LogP) is 1.15. The predicted molar refractivity (Wildman–Crippen MR) is 78.5 cm³/mol. The molecule has 0 aliphatic carbocycles. The number of carbonyl (C=O) groups is 2. The fraction of sp³-hybridized carbons (Fsp3) is 0.500. The van der Waals surface area contributed by atoms with E-state index in [4.69, 9.17) is 0 Å². The minimum atomic E-state index is -0.760. The number of anilines is 1. The molecule has 1 rings (SSSR count). The number of carbonyl (C=O) groups excluding carboxylic acids is 2. The van der Waals surface area contributed by atoms with Gasteiger partial charge in [0.25, 0.3) is 5.91 Å². The van der Waals surface area contributed by atoms with Crippen molar-refractivity contribution in [3.63, 3.8) is 0 Å². The minimum absolute atomic E-state index is 0.115. The zero-order chi connectivity index (χ0) is 16.0. The van der Waals surface area contributed by atoms with E-state index in [1.54, 1.807) is 13.8 Å². The smallest absolute Gasteiger partial charge is 0.255 e. The Balaban J connectivity index is 2.85. The van der Waals surface area contributed by atoms with Crippen LogP contribution in [-0.4, -0.2) is 36.9 Å². The summed E-state index contributed by atoms with van der Waals surface area (Å²) in [4.78, 5) is 27.7. The van der Waals surface area contributed by atoms with E-state index < -0.39 is 17.1 Å². The molecule has 0 saturated heterocycles. The molecule has 0 unspecified atom stereocenters. The Labute approximate surface area is 123 Å². The SMILES string of the molecule is CCNc1ncc(F)cc1C(=O)NCC(C)(C)C(=O)NC. The summed E-state index contributed by atoms with van der Waals surface area (Å²) in [7, 11) is 1.53. The number of halogens is 1. The number of nitrogens with one attached hydrogen (secondary N) is 3. The fourth-order valence-corrected chi connectivity index (χ4v) is 1.74. The Kier molecular flexibility index (Phi) is 5.63. The lowest BCUT2D eigenvalue weighted by molar-refractivity contribution is -0.128. The zero-order valence-electron chi connectivity index (χ0n) is 12.7. The number of rotatable bonds is 6. The molecule has 0 spiro atoms. The molecule has 0 fully saturated rings. The lowest BCUT2D eigenvalue weighted by Gasteiger charge is -2.23. The van der Waals surface area contributed by atoms with Crippen LogP contribution in [0.25, 0.3) is 0 Å². The summed E-state index contributed by atoms with van der Waals surface area (Å²) < 4.78 is 13.3. The summed E-state index contributed by atoms with van der Waals surface area (Å²) in [6.45, 7) is 5.96. The van der Waals surface area contributed by atoms with E-state index in [-0.39, 0.29) is 18.0 Å². The molecule has 21 heavy (non-hydrogen) atoms. The van der Waals surface area contributed by atoms with Crippen molar-refractivity contribution in [2.24, 2.45) is 5.41 Å². The summed E-state index contributed by atoms with van der Waals surface area (Å²) in [6.07, 6.45) is 1.04. The molecule has 1 heterocycles. The van der Waals surface area contributed by atoms with Crippen molar-refractivity contribution in [1.82, 2.24) is 15.6 Å². The maximum atomic E-state index is 13.3. The Hall–Kier alpha value is -2.18. The Morgan fingerprint density at radius 2 is 2.05 bits per heavy atom. The summed E-state index contributed by atoms with van der Waals surface area (Å²) in [5.41, 5.74) is -0.645. The largest absolute Gasteiger partial charge is 0.370 e. The molecule has 2 amide bonds. The second kappa shape index (κ2) is 7.01. The number of aromatic nitrogens is 1. The van der Waals surface area contributed by atoms with Gasteiger partial charge in [-0.25, -0.2) is 9.37 Å². The summed E-state index contributed by atoms with van der Waals surface area (Å²) in [5.74, 6) is -0.941. The summed E-state index contributed by atoms with van der Waals surface area (Å²) in [5, 5.41) is 8.07. The van der Waals surface area contributed by atoms with Gasteiger partial charge in [0.1, 0.15) is 11.6 Å². The highest BCUT2D eigenvalue weighted by atomic mass is 19.1. The average Bonchev–Trinajstić information content (AvgIpc) is 2.46. The lowest BCUT2D eigenvalue weighted by atomic mass is 9.92. The molecular weight excluding hydrogens is 275 g/mol. The van der Waals surface area contributed by atoms with Crippen LogP contribution < -0.4 is 16.0 Å². The molecule has 0 bridgehead atoms. The lowest BCUT2D eigenvalue weighted by Crippen LogP contribution is -2.43. The van der Waals surface area contributed by atoms with E-state index in [1.165, 1.54) is 7.05 Å². The van der Waals surface area contributed by atoms with Crippen LogP contribution in [0.5, 0.6) is 0 Å². The van der Waals surface area contributed by atoms with Crippen LogP contribution in [0.1, 0.15) is 31.1 Å². The van der Waals surface area contributed by atoms with Gasteiger partial charge in [-0.2, -0.15) is 0 Å². The molecule has 1 aromatic rings. The second-order valence-electron chi connectivity index (χ2n) is 5.23. The summed E-state index contributed by atoms with van der Waals surface area (Å²) in [6, 6.07) is 1.12. The van der Waals surface area contributed by atoms with Crippen molar-refractivity contribution < 1.29 is 14.0 Å². The normalized spacial score (nSPS) is 10.9. The van der Waals surface area contributed by atoms with Crippen LogP contribution in [0.3, 0.4) is 0 Å².